The second-order valence-corrected chi connectivity index (χ2v) is 21.5. The molecular weight excluding hydrogens is 777 g/mol. The van der Waals surface area contributed by atoms with Gasteiger partial charge in [-0.2, -0.15) is 0 Å². The molecule has 2 N–H and O–H groups in total. The van der Waals surface area contributed by atoms with Crippen LogP contribution in [0.3, 0.4) is 0 Å². The third-order valence-corrected chi connectivity index (χ3v) is 15.0. The molecule has 2 aromatic carbocycles. The summed E-state index contributed by atoms with van der Waals surface area (Å²) in [7, 11) is -6.53. The lowest BCUT2D eigenvalue weighted by Crippen LogP contribution is -2.60. The molecule has 0 aromatic heterocycles. The molecule has 0 amide bonds. The molecule has 4 fully saturated rings. The molecular formula is C44H68N4O8S2. The van der Waals surface area contributed by atoms with Gasteiger partial charge >= 0.3 is 0 Å². The highest BCUT2D eigenvalue weighted by Gasteiger charge is 2.39. The molecule has 58 heavy (non-hydrogen) atoms. The molecule has 2 saturated carbocycles. The number of nitrogens with one attached hydrogen (secondary N) is 2. The summed E-state index contributed by atoms with van der Waals surface area (Å²) < 4.78 is 78.9. The van der Waals surface area contributed by atoms with Gasteiger partial charge in [0.2, 0.25) is 20.0 Å². The minimum Gasteiger partial charge on any atom is -0.492 e. The predicted octanol–water partition coefficient (Wildman–Crippen LogP) is 5.79. The molecule has 8 aliphatic rings. The van der Waals surface area contributed by atoms with Crippen molar-refractivity contribution in [3.05, 3.63) is 59.7 Å². The third kappa shape index (κ3) is 11.5. The molecule has 0 unspecified atom stereocenters. The van der Waals surface area contributed by atoms with Crippen LogP contribution in [0.4, 0.5) is 0 Å². The maximum absolute atomic E-state index is 11.9. The van der Waals surface area contributed by atoms with E-state index in [1.165, 1.54) is 23.6 Å². The van der Waals surface area contributed by atoms with Crippen LogP contribution in [0.2, 0.25) is 0 Å². The number of hydrogen-bond acceptors (Lipinski definition) is 10. The summed E-state index contributed by atoms with van der Waals surface area (Å²) in [5, 5.41) is 0. The van der Waals surface area contributed by atoms with Crippen molar-refractivity contribution in [2.24, 2.45) is 0 Å². The fraction of sp³-hybridized carbons (Fsp3) is 0.727. The van der Waals surface area contributed by atoms with Gasteiger partial charge in [0.05, 0.1) is 37.9 Å². The molecule has 2 saturated heterocycles. The number of benzene rings is 2. The second-order valence-electron chi connectivity index (χ2n) is 17.9. The molecule has 2 aromatic rings. The van der Waals surface area contributed by atoms with Crippen molar-refractivity contribution < 1.29 is 35.8 Å². The summed E-state index contributed by atoms with van der Waals surface area (Å²) in [5.41, 5.74) is 2.65. The van der Waals surface area contributed by atoms with Gasteiger partial charge in [0.15, 0.2) is 0 Å². The lowest BCUT2D eigenvalue weighted by atomic mass is 9.82. The van der Waals surface area contributed by atoms with Crippen molar-refractivity contribution >= 4 is 20.0 Å². The van der Waals surface area contributed by atoms with Gasteiger partial charge in [-0.3, -0.25) is 9.80 Å². The van der Waals surface area contributed by atoms with E-state index in [4.69, 9.17) is 18.9 Å². The van der Waals surface area contributed by atoms with Gasteiger partial charge in [0.25, 0.3) is 0 Å². The van der Waals surface area contributed by atoms with Crippen LogP contribution in [0.1, 0.15) is 114 Å². The number of nitrogens with zero attached hydrogens (tertiary/aromatic N) is 2. The van der Waals surface area contributed by atoms with E-state index in [-0.39, 0.29) is 48.5 Å². The fourth-order valence-electron chi connectivity index (χ4n) is 10.6. The number of fused-ring (bicyclic) bond motifs is 10. The van der Waals surface area contributed by atoms with Crippen LogP contribution in [-0.4, -0.2) is 127 Å². The molecule has 10 rings (SSSR count). The smallest absolute Gasteiger partial charge is 0.209 e. The van der Waals surface area contributed by atoms with Crippen LogP contribution in [0.5, 0.6) is 11.5 Å². The Bertz CT molecular complexity index is 1720. The minimum absolute atomic E-state index is 0.0331. The highest BCUT2D eigenvalue weighted by atomic mass is 32.2. The third-order valence-electron chi connectivity index (χ3n) is 13.5. The number of para-hydroxylation sites is 2. The van der Waals surface area contributed by atoms with E-state index in [2.05, 4.69) is 69.5 Å². The zero-order valence-electron chi connectivity index (χ0n) is 35.1. The first-order chi connectivity index (χ1) is 27.8. The standard InChI is InChI=1S/2C22H34N2O4S/c2*1-16-14-28-22-8-4-3-6-19(22)17-9-11-18(12-10-17)27-15-21-20(23-29(2,25)26)7-5-13-24(16)21/h2*3-4,6,8,16-18,20-21,23H,5,7,9-15H2,1-2H3/t16-,17?,18?,20+,21+;16-,17?,18?,20-,21-/m10/s1. The summed E-state index contributed by atoms with van der Waals surface area (Å²) in [6.07, 6.45) is 15.3. The number of ether oxygens (including phenoxy) is 4. The molecule has 6 atom stereocenters. The van der Waals surface area contributed by atoms with Crippen molar-refractivity contribution in [1.82, 2.24) is 19.2 Å². The fourth-order valence-corrected chi connectivity index (χ4v) is 12.2. The van der Waals surface area contributed by atoms with Crippen molar-refractivity contribution in [1.29, 1.82) is 0 Å². The SMILES string of the molecule is C[C@@H]1COc2ccccc2C2CCC(CC2)OC[C@H]2[C@@H](NS(C)(=O)=O)CCCN12.C[C@H]1COc2ccccc2C2CCC(CC2)OC[C@H]2[C@@H](NS(C)(=O)=O)CCCN12. The maximum Gasteiger partial charge on any atom is 0.209 e. The molecule has 0 radical (unpaired) electrons. The number of sulfonamides is 2. The van der Waals surface area contributed by atoms with Crippen LogP contribution in [0.25, 0.3) is 0 Å². The molecule has 6 aliphatic heterocycles. The molecule has 324 valence electrons. The van der Waals surface area contributed by atoms with E-state index in [0.717, 1.165) is 102 Å². The number of hydrogen-bond donors (Lipinski definition) is 2. The maximum atomic E-state index is 11.9. The first-order valence-electron chi connectivity index (χ1n) is 21.9. The Morgan fingerprint density at radius 2 is 0.914 bits per heavy atom. The normalized spacial score (nSPS) is 34.1. The van der Waals surface area contributed by atoms with Crippen LogP contribution in [0.15, 0.2) is 48.5 Å². The van der Waals surface area contributed by atoms with Crippen LogP contribution < -0.4 is 18.9 Å². The predicted molar refractivity (Wildman–Crippen MR) is 228 cm³/mol. The Hall–Kier alpha value is -2.30. The molecule has 14 heteroatoms. The van der Waals surface area contributed by atoms with Gasteiger partial charge in [-0.1, -0.05) is 36.4 Å². The first kappa shape index (κ1) is 43.8. The Morgan fingerprint density at radius 1 is 0.534 bits per heavy atom. The van der Waals surface area contributed by atoms with E-state index in [9.17, 15) is 16.8 Å². The topological polar surface area (TPSA) is 136 Å². The average Bonchev–Trinajstić information content (AvgIpc) is 3.23. The molecule has 4 bridgehead atoms. The molecule has 0 spiro atoms. The van der Waals surface area contributed by atoms with Gasteiger partial charge in [-0.15, -0.1) is 0 Å². The lowest BCUT2D eigenvalue weighted by Gasteiger charge is -2.44. The minimum atomic E-state index is -3.26. The summed E-state index contributed by atoms with van der Waals surface area (Å²) in [5.74, 6) is 3.07. The van der Waals surface area contributed by atoms with Crippen LogP contribution >= 0.6 is 0 Å². The summed E-state index contributed by atoms with van der Waals surface area (Å²) >= 11 is 0. The zero-order valence-corrected chi connectivity index (χ0v) is 36.7. The van der Waals surface area contributed by atoms with Gasteiger partial charge in [0, 0.05) is 36.3 Å². The van der Waals surface area contributed by atoms with Crippen molar-refractivity contribution in [3.8, 4) is 11.5 Å². The van der Waals surface area contributed by atoms with E-state index >= 15 is 0 Å². The average molecular weight is 845 g/mol. The first-order valence-corrected chi connectivity index (χ1v) is 25.7. The second kappa shape index (κ2) is 19.6. The van der Waals surface area contributed by atoms with Gasteiger partial charge in [-0.05, 0) is 139 Å². The van der Waals surface area contributed by atoms with Gasteiger partial charge in [-0.25, -0.2) is 26.3 Å². The lowest BCUT2D eigenvalue weighted by molar-refractivity contribution is -0.0403. The van der Waals surface area contributed by atoms with Crippen molar-refractivity contribution in [2.75, 3.05) is 52.0 Å². The molecule has 12 nitrogen and oxygen atoms in total. The summed E-state index contributed by atoms with van der Waals surface area (Å²) in [6.45, 7) is 8.55. The quantitative estimate of drug-likeness (QED) is 0.390. The largest absolute Gasteiger partial charge is 0.492 e. The Labute approximate surface area is 348 Å². The van der Waals surface area contributed by atoms with Crippen LogP contribution in [-0.2, 0) is 29.5 Å². The van der Waals surface area contributed by atoms with Crippen LogP contribution in [0, 0.1) is 0 Å². The van der Waals surface area contributed by atoms with E-state index in [1.807, 2.05) is 12.1 Å². The number of rotatable bonds is 4. The monoisotopic (exact) mass is 844 g/mol. The van der Waals surface area contributed by atoms with E-state index in [1.54, 1.807) is 0 Å². The van der Waals surface area contributed by atoms with E-state index < -0.39 is 20.0 Å². The van der Waals surface area contributed by atoms with Crippen molar-refractivity contribution in [2.45, 2.75) is 151 Å². The summed E-state index contributed by atoms with van der Waals surface area (Å²) in [4.78, 5) is 4.78. The molecule has 2 aliphatic carbocycles. The highest BCUT2D eigenvalue weighted by molar-refractivity contribution is 7.89. The van der Waals surface area contributed by atoms with Gasteiger partial charge in [0.1, 0.15) is 24.7 Å². The summed E-state index contributed by atoms with van der Waals surface area (Å²) in [6, 6.07) is 17.1. The van der Waals surface area contributed by atoms with Gasteiger partial charge < -0.3 is 18.9 Å². The Balaban J connectivity index is 0.000000177. The highest BCUT2D eigenvalue weighted by Crippen LogP contribution is 2.41. The number of piperidine rings is 2. The zero-order chi connectivity index (χ0) is 40.9. The Kier molecular flexibility index (Phi) is 14.8. The molecule has 6 heterocycles. The van der Waals surface area contributed by atoms with Crippen molar-refractivity contribution in [3.63, 3.8) is 0 Å². The Morgan fingerprint density at radius 3 is 1.29 bits per heavy atom. The van der Waals surface area contributed by atoms with E-state index in [0.29, 0.717) is 38.3 Å².